The highest BCUT2D eigenvalue weighted by Gasteiger charge is 2.19. The summed E-state index contributed by atoms with van der Waals surface area (Å²) in [5.41, 5.74) is 0.607. The minimum absolute atomic E-state index is 0.00409. The number of carboxylic acids is 1. The first kappa shape index (κ1) is 15.9. The lowest BCUT2D eigenvalue weighted by Gasteiger charge is -2.10. The van der Waals surface area contributed by atoms with Gasteiger partial charge in [-0.15, -0.1) is 0 Å². The molecule has 2 aromatic rings. The zero-order chi connectivity index (χ0) is 16.1. The summed E-state index contributed by atoms with van der Waals surface area (Å²) < 4.78 is 12.8. The third-order valence-electron chi connectivity index (χ3n) is 3.12. The standard InChI is InChI=1S/C16H15NO4S/c1-17-15(18)10-11-6-2-4-8-13(11)22(21)14-9-5-3-7-12(14)16(19)20/h2-9H,10H2,1H3,(H,17,18)(H,19,20). The molecule has 22 heavy (non-hydrogen) atoms. The molecule has 1 unspecified atom stereocenters. The third-order valence-corrected chi connectivity index (χ3v) is 4.67. The van der Waals surface area contributed by atoms with Crippen LogP contribution in [-0.2, 0) is 22.0 Å². The molecule has 1 atom stereocenters. The van der Waals surface area contributed by atoms with E-state index in [1.54, 1.807) is 36.4 Å². The highest BCUT2D eigenvalue weighted by atomic mass is 32.2. The quantitative estimate of drug-likeness (QED) is 0.881. The van der Waals surface area contributed by atoms with Crippen molar-refractivity contribution < 1.29 is 18.9 Å². The fourth-order valence-electron chi connectivity index (χ4n) is 2.02. The zero-order valence-electron chi connectivity index (χ0n) is 11.9. The van der Waals surface area contributed by atoms with Crippen molar-refractivity contribution in [3.05, 3.63) is 59.7 Å². The normalized spacial score (nSPS) is 11.7. The number of likely N-dealkylation sites (N-methyl/N-ethyl adjacent to an activating group) is 1. The molecule has 6 heteroatoms. The summed E-state index contributed by atoms with van der Waals surface area (Å²) in [4.78, 5) is 23.5. The van der Waals surface area contributed by atoms with Crippen molar-refractivity contribution >= 4 is 22.7 Å². The van der Waals surface area contributed by atoms with Crippen LogP contribution in [0.1, 0.15) is 15.9 Å². The Morgan fingerprint density at radius 1 is 1.05 bits per heavy atom. The number of carbonyl (C=O) groups is 2. The van der Waals surface area contributed by atoms with Gasteiger partial charge in [0.05, 0.1) is 27.7 Å². The first-order valence-electron chi connectivity index (χ1n) is 6.57. The number of carboxylic acid groups (broad SMARTS) is 1. The molecule has 0 bridgehead atoms. The largest absolute Gasteiger partial charge is 0.478 e. The van der Waals surface area contributed by atoms with E-state index in [-0.39, 0.29) is 22.8 Å². The number of aromatic carboxylic acids is 1. The van der Waals surface area contributed by atoms with Gasteiger partial charge in [-0.1, -0.05) is 30.3 Å². The molecule has 0 aromatic heterocycles. The summed E-state index contributed by atoms with van der Waals surface area (Å²) in [6.45, 7) is 0. The van der Waals surface area contributed by atoms with Crippen molar-refractivity contribution in [1.29, 1.82) is 0 Å². The highest BCUT2D eigenvalue weighted by Crippen LogP contribution is 2.23. The maximum atomic E-state index is 12.8. The fraction of sp³-hybridized carbons (Fsp3) is 0.125. The van der Waals surface area contributed by atoms with Crippen LogP contribution in [0.5, 0.6) is 0 Å². The summed E-state index contributed by atoms with van der Waals surface area (Å²) in [5, 5.41) is 11.7. The number of amides is 1. The van der Waals surface area contributed by atoms with Gasteiger partial charge in [-0.05, 0) is 23.8 Å². The van der Waals surface area contributed by atoms with E-state index < -0.39 is 16.8 Å². The first-order chi connectivity index (χ1) is 10.5. The molecule has 114 valence electrons. The minimum atomic E-state index is -1.67. The van der Waals surface area contributed by atoms with Crippen LogP contribution in [0.15, 0.2) is 58.3 Å². The number of hydrogen-bond donors (Lipinski definition) is 2. The monoisotopic (exact) mass is 317 g/mol. The van der Waals surface area contributed by atoms with Crippen LogP contribution in [0.2, 0.25) is 0 Å². The van der Waals surface area contributed by atoms with Crippen LogP contribution in [0, 0.1) is 0 Å². The Balaban J connectivity index is 2.47. The molecule has 0 aliphatic heterocycles. The second-order valence-electron chi connectivity index (χ2n) is 4.53. The molecule has 0 aliphatic carbocycles. The molecule has 2 aromatic carbocycles. The molecule has 0 radical (unpaired) electrons. The SMILES string of the molecule is CNC(=O)Cc1ccccc1S(=O)c1ccccc1C(=O)O. The van der Waals surface area contributed by atoms with Gasteiger partial charge in [-0.25, -0.2) is 9.00 Å². The number of nitrogens with one attached hydrogen (secondary N) is 1. The molecule has 2 rings (SSSR count). The van der Waals surface area contributed by atoms with E-state index in [1.165, 1.54) is 19.2 Å². The summed E-state index contributed by atoms with van der Waals surface area (Å²) >= 11 is 0. The molecule has 0 heterocycles. The molecule has 2 N–H and O–H groups in total. The Kier molecular flexibility index (Phi) is 5.06. The number of hydrogen-bond acceptors (Lipinski definition) is 3. The van der Waals surface area contributed by atoms with Gasteiger partial charge in [0.15, 0.2) is 0 Å². The zero-order valence-corrected chi connectivity index (χ0v) is 12.7. The maximum Gasteiger partial charge on any atom is 0.336 e. The summed E-state index contributed by atoms with van der Waals surface area (Å²) in [6.07, 6.45) is 0.0909. The van der Waals surface area contributed by atoms with Crippen molar-refractivity contribution in [2.75, 3.05) is 7.05 Å². The Hall–Kier alpha value is -2.47. The van der Waals surface area contributed by atoms with E-state index in [2.05, 4.69) is 5.32 Å². The van der Waals surface area contributed by atoms with Gasteiger partial charge in [0.2, 0.25) is 5.91 Å². The van der Waals surface area contributed by atoms with Crippen LogP contribution in [-0.4, -0.2) is 28.2 Å². The van der Waals surface area contributed by atoms with Gasteiger partial charge in [0.25, 0.3) is 0 Å². The van der Waals surface area contributed by atoms with Crippen molar-refractivity contribution in [2.45, 2.75) is 16.2 Å². The third kappa shape index (κ3) is 3.40. The molecule has 1 amide bonds. The van der Waals surface area contributed by atoms with Crippen LogP contribution in [0.25, 0.3) is 0 Å². The highest BCUT2D eigenvalue weighted by molar-refractivity contribution is 7.85. The fourth-order valence-corrected chi connectivity index (χ4v) is 3.39. The average Bonchev–Trinajstić information content (AvgIpc) is 2.54. The minimum Gasteiger partial charge on any atom is -0.478 e. The lowest BCUT2D eigenvalue weighted by Crippen LogP contribution is -2.20. The van der Waals surface area contributed by atoms with Crippen LogP contribution in [0.4, 0.5) is 0 Å². The van der Waals surface area contributed by atoms with Crippen LogP contribution < -0.4 is 5.32 Å². The van der Waals surface area contributed by atoms with Crippen LogP contribution in [0.3, 0.4) is 0 Å². The molecular formula is C16H15NO4S. The molecule has 0 saturated heterocycles. The van der Waals surface area contributed by atoms with Gasteiger partial charge in [0.1, 0.15) is 0 Å². The molecule has 0 aliphatic rings. The van der Waals surface area contributed by atoms with E-state index in [0.29, 0.717) is 10.5 Å². The van der Waals surface area contributed by atoms with E-state index in [4.69, 9.17) is 0 Å². The Bertz CT molecular complexity index is 742. The Morgan fingerprint density at radius 3 is 2.27 bits per heavy atom. The Morgan fingerprint density at radius 2 is 1.64 bits per heavy atom. The van der Waals surface area contributed by atoms with Gasteiger partial charge in [-0.2, -0.15) is 0 Å². The Labute approximate surface area is 130 Å². The molecule has 5 nitrogen and oxygen atoms in total. The van der Waals surface area contributed by atoms with Crippen molar-refractivity contribution in [1.82, 2.24) is 5.32 Å². The van der Waals surface area contributed by atoms with Crippen molar-refractivity contribution in [3.63, 3.8) is 0 Å². The second kappa shape index (κ2) is 7.00. The smallest absolute Gasteiger partial charge is 0.336 e. The van der Waals surface area contributed by atoms with Crippen molar-refractivity contribution in [2.24, 2.45) is 0 Å². The number of carbonyl (C=O) groups excluding carboxylic acids is 1. The number of rotatable bonds is 5. The van der Waals surface area contributed by atoms with Gasteiger partial charge in [0, 0.05) is 11.9 Å². The molecule has 0 spiro atoms. The van der Waals surface area contributed by atoms with E-state index in [0.717, 1.165) is 0 Å². The van der Waals surface area contributed by atoms with Gasteiger partial charge in [-0.3, -0.25) is 4.79 Å². The van der Waals surface area contributed by atoms with E-state index in [1.807, 2.05) is 0 Å². The average molecular weight is 317 g/mol. The predicted molar refractivity (Wildman–Crippen MR) is 82.3 cm³/mol. The number of benzene rings is 2. The lowest BCUT2D eigenvalue weighted by atomic mass is 10.1. The maximum absolute atomic E-state index is 12.8. The second-order valence-corrected chi connectivity index (χ2v) is 5.94. The predicted octanol–water partition coefficient (Wildman–Crippen LogP) is 1.84. The molecular weight excluding hydrogens is 302 g/mol. The lowest BCUT2D eigenvalue weighted by molar-refractivity contribution is -0.119. The summed E-state index contributed by atoms with van der Waals surface area (Å²) in [6, 6.07) is 13.0. The van der Waals surface area contributed by atoms with Crippen molar-refractivity contribution in [3.8, 4) is 0 Å². The first-order valence-corrected chi connectivity index (χ1v) is 7.72. The molecule has 0 fully saturated rings. The van der Waals surface area contributed by atoms with E-state index >= 15 is 0 Å². The molecule has 0 saturated carbocycles. The van der Waals surface area contributed by atoms with E-state index in [9.17, 15) is 18.9 Å². The van der Waals surface area contributed by atoms with Gasteiger partial charge < -0.3 is 10.4 Å². The summed E-state index contributed by atoms with van der Waals surface area (Å²) in [7, 11) is -0.140. The van der Waals surface area contributed by atoms with Gasteiger partial charge >= 0.3 is 5.97 Å². The topological polar surface area (TPSA) is 83.5 Å². The summed E-state index contributed by atoms with van der Waals surface area (Å²) in [5.74, 6) is -1.33. The van der Waals surface area contributed by atoms with Crippen LogP contribution >= 0.6 is 0 Å².